The number of carbonyl (C=O) groups is 1. The molecule has 4 nitrogen and oxygen atoms in total. The predicted octanol–water partition coefficient (Wildman–Crippen LogP) is 2.66. The molecule has 0 spiro atoms. The van der Waals surface area contributed by atoms with Gasteiger partial charge in [0.25, 0.3) is 5.91 Å². The van der Waals surface area contributed by atoms with Crippen LogP contribution >= 0.6 is 0 Å². The highest BCUT2D eigenvalue weighted by molar-refractivity contribution is 5.97. The smallest absolute Gasteiger partial charge is 0.288 e. The summed E-state index contributed by atoms with van der Waals surface area (Å²) in [6.45, 7) is 0. The first-order chi connectivity index (χ1) is 9.79. The summed E-state index contributed by atoms with van der Waals surface area (Å²) in [6, 6.07) is 17.5. The van der Waals surface area contributed by atoms with Crippen LogP contribution in [0.15, 0.2) is 54.6 Å². The molecule has 1 aromatic heterocycles. The molecule has 4 heteroatoms. The molecule has 0 fully saturated rings. The van der Waals surface area contributed by atoms with E-state index < -0.39 is 0 Å². The van der Waals surface area contributed by atoms with Crippen LogP contribution in [0.5, 0.6) is 0 Å². The molecule has 0 aliphatic rings. The van der Waals surface area contributed by atoms with E-state index in [-0.39, 0.29) is 11.7 Å². The number of hydrogen-bond acceptors (Lipinski definition) is 3. The Bertz CT molecular complexity index is 769. The molecule has 2 aromatic carbocycles. The van der Waals surface area contributed by atoms with Crippen molar-refractivity contribution in [1.82, 2.24) is 15.3 Å². The van der Waals surface area contributed by atoms with Crippen LogP contribution < -0.4 is 5.32 Å². The van der Waals surface area contributed by atoms with Gasteiger partial charge in [-0.1, -0.05) is 48.5 Å². The van der Waals surface area contributed by atoms with Crippen molar-refractivity contribution in [2.24, 2.45) is 0 Å². The first kappa shape index (κ1) is 12.3. The summed E-state index contributed by atoms with van der Waals surface area (Å²) in [5, 5.41) is 3.50. The van der Waals surface area contributed by atoms with Gasteiger partial charge in [0.1, 0.15) is 0 Å². The molecular formula is C16H13N3O. The van der Waals surface area contributed by atoms with Gasteiger partial charge in [-0.05, 0) is 6.07 Å². The van der Waals surface area contributed by atoms with E-state index in [0.29, 0.717) is 0 Å². The second-order valence-electron chi connectivity index (χ2n) is 4.36. The van der Waals surface area contributed by atoms with Crippen molar-refractivity contribution >= 4 is 16.8 Å². The average Bonchev–Trinajstić information content (AvgIpc) is 2.54. The largest absolute Gasteiger partial charge is 0.352 e. The van der Waals surface area contributed by atoms with Crippen LogP contribution in [0.1, 0.15) is 10.6 Å². The third kappa shape index (κ3) is 2.12. The van der Waals surface area contributed by atoms with Crippen molar-refractivity contribution in [3.8, 4) is 11.3 Å². The Balaban J connectivity index is 2.31. The lowest BCUT2D eigenvalue weighted by Gasteiger charge is -2.08. The standard InChI is InChI=1S/C16H13N3O/c1-17-16(20)15-18-13-10-6-5-9-12(13)14(19-15)11-7-3-2-4-8-11/h2-10H,1H3,(H,17,20). The molecular weight excluding hydrogens is 250 g/mol. The molecule has 0 bridgehead atoms. The second kappa shape index (κ2) is 5.09. The number of nitrogens with zero attached hydrogens (tertiary/aromatic N) is 2. The Labute approximate surface area is 116 Å². The van der Waals surface area contributed by atoms with Crippen molar-refractivity contribution in [3.63, 3.8) is 0 Å². The van der Waals surface area contributed by atoms with Crippen molar-refractivity contribution < 1.29 is 4.79 Å². The summed E-state index contributed by atoms with van der Waals surface area (Å²) in [7, 11) is 1.57. The molecule has 20 heavy (non-hydrogen) atoms. The first-order valence-electron chi connectivity index (χ1n) is 6.34. The Morgan fingerprint density at radius 2 is 1.65 bits per heavy atom. The molecule has 3 aromatic rings. The highest BCUT2D eigenvalue weighted by Gasteiger charge is 2.13. The van der Waals surface area contributed by atoms with Crippen LogP contribution in [0.25, 0.3) is 22.2 Å². The summed E-state index contributed by atoms with van der Waals surface area (Å²) >= 11 is 0. The van der Waals surface area contributed by atoms with Gasteiger partial charge in [0.05, 0.1) is 11.2 Å². The number of benzene rings is 2. The Morgan fingerprint density at radius 3 is 2.40 bits per heavy atom. The van der Waals surface area contributed by atoms with E-state index in [0.717, 1.165) is 22.2 Å². The van der Waals surface area contributed by atoms with Gasteiger partial charge in [0.2, 0.25) is 5.82 Å². The van der Waals surface area contributed by atoms with E-state index in [1.807, 2.05) is 54.6 Å². The molecule has 0 saturated carbocycles. The third-order valence-electron chi connectivity index (χ3n) is 3.08. The molecule has 0 radical (unpaired) electrons. The van der Waals surface area contributed by atoms with Gasteiger partial charge in [0, 0.05) is 18.0 Å². The van der Waals surface area contributed by atoms with Gasteiger partial charge in [-0.2, -0.15) is 0 Å². The van der Waals surface area contributed by atoms with Crippen LogP contribution in [0.3, 0.4) is 0 Å². The Morgan fingerprint density at radius 1 is 0.950 bits per heavy atom. The maximum Gasteiger partial charge on any atom is 0.288 e. The zero-order valence-electron chi connectivity index (χ0n) is 11.0. The molecule has 0 aliphatic carbocycles. The molecule has 3 rings (SSSR count). The van der Waals surface area contributed by atoms with E-state index in [1.54, 1.807) is 7.05 Å². The number of amides is 1. The third-order valence-corrected chi connectivity index (χ3v) is 3.08. The van der Waals surface area contributed by atoms with Crippen molar-refractivity contribution in [2.45, 2.75) is 0 Å². The number of rotatable bonds is 2. The predicted molar refractivity (Wildman–Crippen MR) is 78.4 cm³/mol. The molecule has 0 saturated heterocycles. The highest BCUT2D eigenvalue weighted by atomic mass is 16.2. The van der Waals surface area contributed by atoms with E-state index >= 15 is 0 Å². The lowest BCUT2D eigenvalue weighted by Crippen LogP contribution is -2.21. The quantitative estimate of drug-likeness (QED) is 0.773. The van der Waals surface area contributed by atoms with Crippen LogP contribution in [0.2, 0.25) is 0 Å². The minimum absolute atomic E-state index is 0.185. The van der Waals surface area contributed by atoms with Crippen LogP contribution in [-0.2, 0) is 0 Å². The lowest BCUT2D eigenvalue weighted by molar-refractivity contribution is 0.0953. The zero-order chi connectivity index (χ0) is 13.9. The fraction of sp³-hybridized carbons (Fsp3) is 0.0625. The molecule has 1 amide bonds. The van der Waals surface area contributed by atoms with E-state index in [4.69, 9.17) is 0 Å². The van der Waals surface area contributed by atoms with E-state index in [2.05, 4.69) is 15.3 Å². The number of hydrogen-bond donors (Lipinski definition) is 1. The monoisotopic (exact) mass is 263 g/mol. The first-order valence-corrected chi connectivity index (χ1v) is 6.34. The number of fused-ring (bicyclic) bond motifs is 1. The van der Waals surface area contributed by atoms with Gasteiger partial charge in [-0.15, -0.1) is 0 Å². The maximum absolute atomic E-state index is 11.8. The van der Waals surface area contributed by atoms with Gasteiger partial charge in [0.15, 0.2) is 0 Å². The molecule has 0 unspecified atom stereocenters. The molecule has 0 aliphatic heterocycles. The summed E-state index contributed by atoms with van der Waals surface area (Å²) in [4.78, 5) is 20.5. The van der Waals surface area contributed by atoms with E-state index in [9.17, 15) is 4.79 Å². The number of nitrogens with one attached hydrogen (secondary N) is 1. The number of carbonyl (C=O) groups excluding carboxylic acids is 1. The van der Waals surface area contributed by atoms with Gasteiger partial charge in [-0.3, -0.25) is 4.79 Å². The summed E-state index contributed by atoms with van der Waals surface area (Å²) < 4.78 is 0. The zero-order valence-corrected chi connectivity index (χ0v) is 11.0. The minimum atomic E-state index is -0.284. The average molecular weight is 263 g/mol. The molecule has 98 valence electrons. The van der Waals surface area contributed by atoms with E-state index in [1.165, 1.54) is 0 Å². The second-order valence-corrected chi connectivity index (χ2v) is 4.36. The fourth-order valence-corrected chi connectivity index (χ4v) is 2.11. The SMILES string of the molecule is CNC(=O)c1nc(-c2ccccc2)c2ccccc2n1. The lowest BCUT2D eigenvalue weighted by atomic mass is 10.1. The fourth-order valence-electron chi connectivity index (χ4n) is 2.11. The van der Waals surface area contributed by atoms with Crippen LogP contribution in [-0.4, -0.2) is 22.9 Å². The molecule has 0 atom stereocenters. The summed E-state index contributed by atoms with van der Waals surface area (Å²) in [6.07, 6.45) is 0. The highest BCUT2D eigenvalue weighted by Crippen LogP contribution is 2.25. The van der Waals surface area contributed by atoms with Crippen molar-refractivity contribution in [2.75, 3.05) is 7.05 Å². The van der Waals surface area contributed by atoms with Gasteiger partial charge >= 0.3 is 0 Å². The Hall–Kier alpha value is -2.75. The maximum atomic E-state index is 11.8. The Kier molecular flexibility index (Phi) is 3.13. The minimum Gasteiger partial charge on any atom is -0.352 e. The number of para-hydroxylation sites is 1. The molecule has 1 heterocycles. The van der Waals surface area contributed by atoms with Crippen LogP contribution in [0, 0.1) is 0 Å². The topological polar surface area (TPSA) is 54.9 Å². The van der Waals surface area contributed by atoms with Crippen LogP contribution in [0.4, 0.5) is 0 Å². The normalized spacial score (nSPS) is 10.4. The van der Waals surface area contributed by atoms with Crippen molar-refractivity contribution in [1.29, 1.82) is 0 Å². The summed E-state index contributed by atoms with van der Waals surface area (Å²) in [5.74, 6) is -0.0991. The summed E-state index contributed by atoms with van der Waals surface area (Å²) in [5.41, 5.74) is 2.51. The molecule has 1 N–H and O–H groups in total. The van der Waals surface area contributed by atoms with Gasteiger partial charge in [-0.25, -0.2) is 9.97 Å². The van der Waals surface area contributed by atoms with Crippen molar-refractivity contribution in [3.05, 3.63) is 60.4 Å². The van der Waals surface area contributed by atoms with Gasteiger partial charge < -0.3 is 5.32 Å². The number of aromatic nitrogens is 2.